The van der Waals surface area contributed by atoms with Crippen molar-refractivity contribution < 1.29 is 9.50 Å². The summed E-state index contributed by atoms with van der Waals surface area (Å²) in [5.74, 6) is 1.89. The fourth-order valence-electron chi connectivity index (χ4n) is 1.95. The van der Waals surface area contributed by atoms with Gasteiger partial charge in [0, 0.05) is 10.8 Å². The first-order valence-electron chi connectivity index (χ1n) is 5.19. The van der Waals surface area contributed by atoms with E-state index in [1.165, 1.54) is 18.2 Å². The Labute approximate surface area is 104 Å². The monoisotopic (exact) mass is 248 g/mol. The average Bonchev–Trinajstić information content (AvgIpc) is 2.33. The Morgan fingerprint density at radius 2 is 2.18 bits per heavy atom. The Balaban J connectivity index is 3.05. The molecule has 0 atom stereocenters. The number of hydrogen-bond donors (Lipinski definition) is 1. The van der Waals surface area contributed by atoms with Crippen LogP contribution in [0.5, 0.6) is 5.75 Å². The lowest BCUT2D eigenvalue weighted by Crippen LogP contribution is -1.93. The highest BCUT2D eigenvalue weighted by atomic mass is 35.5. The first-order valence-corrected chi connectivity index (χ1v) is 5.57. The molecule has 0 amide bonds. The van der Waals surface area contributed by atoms with Gasteiger partial charge in [0.25, 0.3) is 0 Å². The van der Waals surface area contributed by atoms with Crippen molar-refractivity contribution in [3.05, 3.63) is 40.2 Å². The molecule has 17 heavy (non-hydrogen) atoms. The molecule has 1 N–H and O–H groups in total. The van der Waals surface area contributed by atoms with Crippen LogP contribution in [0.3, 0.4) is 0 Å². The number of terminal acetylenes is 1. The van der Waals surface area contributed by atoms with Crippen LogP contribution in [0.15, 0.2) is 18.2 Å². The van der Waals surface area contributed by atoms with Crippen LogP contribution < -0.4 is 0 Å². The van der Waals surface area contributed by atoms with Gasteiger partial charge in [0.1, 0.15) is 11.6 Å². The van der Waals surface area contributed by atoms with Crippen LogP contribution in [0.1, 0.15) is 18.1 Å². The van der Waals surface area contributed by atoms with Crippen molar-refractivity contribution >= 4 is 22.4 Å². The summed E-state index contributed by atoms with van der Waals surface area (Å²) in [4.78, 5) is 0. The van der Waals surface area contributed by atoms with Crippen LogP contribution in [0.2, 0.25) is 5.02 Å². The van der Waals surface area contributed by atoms with Gasteiger partial charge in [-0.05, 0) is 30.2 Å². The van der Waals surface area contributed by atoms with Crippen LogP contribution in [0.4, 0.5) is 4.39 Å². The van der Waals surface area contributed by atoms with Crippen LogP contribution in [-0.2, 0) is 6.42 Å². The molecule has 0 aliphatic carbocycles. The van der Waals surface area contributed by atoms with Crippen molar-refractivity contribution in [1.82, 2.24) is 0 Å². The molecule has 0 aliphatic rings. The first-order chi connectivity index (χ1) is 8.10. The van der Waals surface area contributed by atoms with Gasteiger partial charge >= 0.3 is 0 Å². The number of phenolic OH excluding ortho intramolecular Hbond substituents is 1. The van der Waals surface area contributed by atoms with Gasteiger partial charge in [0.2, 0.25) is 0 Å². The predicted octanol–water partition coefficient (Wildman–Crippen LogP) is 3.88. The SMILES string of the molecule is C#Cc1c(F)ccc2c(Cl)c(O)cc(CC)c12. The lowest BCUT2D eigenvalue weighted by molar-refractivity contribution is 0.476. The van der Waals surface area contributed by atoms with Crippen molar-refractivity contribution in [3.8, 4) is 18.1 Å². The topological polar surface area (TPSA) is 20.2 Å². The lowest BCUT2D eigenvalue weighted by Gasteiger charge is -2.11. The van der Waals surface area contributed by atoms with E-state index in [1.807, 2.05) is 6.92 Å². The molecule has 86 valence electrons. The highest BCUT2D eigenvalue weighted by Gasteiger charge is 2.14. The fraction of sp³-hybridized carbons (Fsp3) is 0.143. The normalized spacial score (nSPS) is 10.5. The number of phenols is 1. The maximum atomic E-state index is 13.6. The molecule has 0 saturated heterocycles. The van der Waals surface area contributed by atoms with Crippen molar-refractivity contribution in [1.29, 1.82) is 0 Å². The zero-order chi connectivity index (χ0) is 12.6. The van der Waals surface area contributed by atoms with Gasteiger partial charge in [-0.1, -0.05) is 24.4 Å². The van der Waals surface area contributed by atoms with Crippen molar-refractivity contribution in [2.45, 2.75) is 13.3 Å². The second-order valence-electron chi connectivity index (χ2n) is 3.71. The van der Waals surface area contributed by atoms with E-state index in [0.29, 0.717) is 17.2 Å². The lowest BCUT2D eigenvalue weighted by atomic mass is 9.97. The first kappa shape index (κ1) is 11.8. The molecular formula is C14H10ClFO. The van der Waals surface area contributed by atoms with Gasteiger partial charge < -0.3 is 5.11 Å². The second-order valence-corrected chi connectivity index (χ2v) is 4.09. The third-order valence-corrected chi connectivity index (χ3v) is 3.17. The Bertz CT molecular complexity index is 641. The number of halogens is 2. The molecule has 0 bridgehead atoms. The fourth-order valence-corrected chi connectivity index (χ4v) is 2.16. The second kappa shape index (κ2) is 4.27. The summed E-state index contributed by atoms with van der Waals surface area (Å²) >= 11 is 6.00. The molecule has 0 unspecified atom stereocenters. The molecule has 2 aromatic rings. The minimum absolute atomic E-state index is 0.00871. The minimum Gasteiger partial charge on any atom is -0.506 e. The van der Waals surface area contributed by atoms with Crippen molar-refractivity contribution in [2.75, 3.05) is 0 Å². The third-order valence-electron chi connectivity index (χ3n) is 2.77. The van der Waals surface area contributed by atoms with E-state index in [0.717, 1.165) is 5.56 Å². The van der Waals surface area contributed by atoms with Crippen molar-refractivity contribution in [3.63, 3.8) is 0 Å². The highest BCUT2D eigenvalue weighted by molar-refractivity contribution is 6.37. The summed E-state index contributed by atoms with van der Waals surface area (Å²) in [5, 5.41) is 11.1. The molecular weight excluding hydrogens is 239 g/mol. The Morgan fingerprint density at radius 1 is 1.47 bits per heavy atom. The van der Waals surface area contributed by atoms with E-state index in [9.17, 15) is 9.50 Å². The molecule has 0 fully saturated rings. The molecule has 2 rings (SSSR count). The van der Waals surface area contributed by atoms with E-state index < -0.39 is 5.82 Å². The van der Waals surface area contributed by atoms with E-state index in [-0.39, 0.29) is 16.3 Å². The number of aryl methyl sites for hydroxylation is 1. The standard InChI is InChI=1S/C14H10ClFO/c1-3-8-7-12(17)14(15)10-5-6-11(16)9(4-2)13(8)10/h2,5-7,17H,3H2,1H3. The number of aromatic hydroxyl groups is 1. The number of rotatable bonds is 1. The third kappa shape index (κ3) is 1.73. The maximum absolute atomic E-state index is 13.6. The van der Waals surface area contributed by atoms with E-state index in [4.69, 9.17) is 18.0 Å². The summed E-state index contributed by atoms with van der Waals surface area (Å²) in [6.07, 6.45) is 5.97. The van der Waals surface area contributed by atoms with Crippen LogP contribution in [0, 0.1) is 18.2 Å². The molecule has 0 aliphatic heterocycles. The molecule has 0 radical (unpaired) electrons. The van der Waals surface area contributed by atoms with Gasteiger partial charge in [0.05, 0.1) is 10.6 Å². The quantitative estimate of drug-likeness (QED) is 0.760. The molecule has 0 heterocycles. The molecule has 0 spiro atoms. The van der Waals surface area contributed by atoms with Crippen molar-refractivity contribution in [2.24, 2.45) is 0 Å². The maximum Gasteiger partial charge on any atom is 0.139 e. The molecule has 0 aromatic heterocycles. The van der Waals surface area contributed by atoms with Crippen LogP contribution in [-0.4, -0.2) is 5.11 Å². The van der Waals surface area contributed by atoms with E-state index in [1.54, 1.807) is 0 Å². The summed E-state index contributed by atoms with van der Waals surface area (Å²) in [7, 11) is 0. The zero-order valence-electron chi connectivity index (χ0n) is 9.22. The molecule has 0 saturated carbocycles. The van der Waals surface area contributed by atoms with E-state index in [2.05, 4.69) is 5.92 Å². The summed E-state index contributed by atoms with van der Waals surface area (Å²) in [6.45, 7) is 1.91. The van der Waals surface area contributed by atoms with Gasteiger partial charge in [0.15, 0.2) is 0 Å². The highest BCUT2D eigenvalue weighted by Crippen LogP contribution is 2.37. The van der Waals surface area contributed by atoms with Crippen LogP contribution in [0.25, 0.3) is 10.8 Å². The Morgan fingerprint density at radius 3 is 2.76 bits per heavy atom. The summed E-state index contributed by atoms with van der Waals surface area (Å²) in [5.41, 5.74) is 0.982. The number of benzene rings is 2. The summed E-state index contributed by atoms with van der Waals surface area (Å²) in [6, 6.07) is 4.33. The molecule has 1 nitrogen and oxygen atoms in total. The Hall–Kier alpha value is -1.72. The average molecular weight is 249 g/mol. The molecule has 2 aromatic carbocycles. The molecule has 3 heteroatoms. The van der Waals surface area contributed by atoms with Gasteiger partial charge in [-0.15, -0.1) is 6.42 Å². The number of fused-ring (bicyclic) bond motifs is 1. The summed E-state index contributed by atoms with van der Waals surface area (Å²) < 4.78 is 13.6. The van der Waals surface area contributed by atoms with Gasteiger partial charge in [-0.3, -0.25) is 0 Å². The minimum atomic E-state index is -0.448. The Kier molecular flexibility index (Phi) is 2.95. The van der Waals surface area contributed by atoms with E-state index >= 15 is 0 Å². The van der Waals surface area contributed by atoms with Crippen LogP contribution >= 0.6 is 11.6 Å². The zero-order valence-corrected chi connectivity index (χ0v) is 9.98. The number of hydrogen-bond acceptors (Lipinski definition) is 1. The van der Waals surface area contributed by atoms with Gasteiger partial charge in [-0.2, -0.15) is 0 Å². The predicted molar refractivity (Wildman–Crippen MR) is 67.9 cm³/mol. The largest absolute Gasteiger partial charge is 0.506 e. The smallest absolute Gasteiger partial charge is 0.139 e. The van der Waals surface area contributed by atoms with Gasteiger partial charge in [-0.25, -0.2) is 4.39 Å².